The lowest BCUT2D eigenvalue weighted by Crippen LogP contribution is -2.37. The van der Waals surface area contributed by atoms with Crippen LogP contribution in [0.25, 0.3) is 0 Å². The monoisotopic (exact) mass is 205 g/mol. The number of epoxide rings is 1. The van der Waals surface area contributed by atoms with Crippen LogP contribution >= 0.6 is 0 Å². The molecule has 78 valence electrons. The first-order chi connectivity index (χ1) is 7.31. The van der Waals surface area contributed by atoms with Crippen molar-refractivity contribution >= 4 is 11.8 Å². The largest absolute Gasteiger partial charge is 0.452 e. The van der Waals surface area contributed by atoms with Crippen molar-refractivity contribution in [3.05, 3.63) is 29.8 Å². The standard InChI is InChI=1S/C11H11NO3/c1-14-11(13)12-6-9-10(15-9)7-4-2-3-5-8(7)12/h2-5,9-10H,6H2,1H3/t9-,10+/m1/s1. The maximum Gasteiger partial charge on any atom is 0.414 e. The predicted octanol–water partition coefficient (Wildman–Crippen LogP) is 1.71. The molecule has 1 aromatic carbocycles. The van der Waals surface area contributed by atoms with Crippen molar-refractivity contribution in [1.82, 2.24) is 0 Å². The molecular weight excluding hydrogens is 194 g/mol. The molecule has 1 saturated heterocycles. The molecule has 0 saturated carbocycles. The summed E-state index contributed by atoms with van der Waals surface area (Å²) in [5.41, 5.74) is 1.99. The fraction of sp³-hybridized carbons (Fsp3) is 0.364. The van der Waals surface area contributed by atoms with E-state index in [1.165, 1.54) is 7.11 Å². The molecule has 1 amide bonds. The van der Waals surface area contributed by atoms with Crippen molar-refractivity contribution in [1.29, 1.82) is 0 Å². The van der Waals surface area contributed by atoms with E-state index in [1.54, 1.807) is 4.90 Å². The number of amides is 1. The summed E-state index contributed by atoms with van der Waals surface area (Å²) in [6.45, 7) is 0.592. The molecule has 0 aliphatic carbocycles. The number of hydrogen-bond donors (Lipinski definition) is 0. The van der Waals surface area contributed by atoms with E-state index in [-0.39, 0.29) is 18.3 Å². The lowest BCUT2D eigenvalue weighted by atomic mass is 10.0. The van der Waals surface area contributed by atoms with Crippen molar-refractivity contribution in [2.45, 2.75) is 12.2 Å². The summed E-state index contributed by atoms with van der Waals surface area (Å²) in [4.78, 5) is 13.2. The van der Waals surface area contributed by atoms with Gasteiger partial charge in [-0.2, -0.15) is 0 Å². The van der Waals surface area contributed by atoms with Crippen molar-refractivity contribution in [3.63, 3.8) is 0 Å². The van der Waals surface area contributed by atoms with Crippen LogP contribution in [0.2, 0.25) is 0 Å². The molecule has 15 heavy (non-hydrogen) atoms. The minimum atomic E-state index is -0.323. The van der Waals surface area contributed by atoms with E-state index in [0.717, 1.165) is 11.3 Å². The number of para-hydroxylation sites is 1. The highest BCUT2D eigenvalue weighted by atomic mass is 16.6. The van der Waals surface area contributed by atoms with Crippen LogP contribution in [0.3, 0.4) is 0 Å². The van der Waals surface area contributed by atoms with Crippen molar-refractivity contribution in [3.8, 4) is 0 Å². The van der Waals surface area contributed by atoms with Crippen molar-refractivity contribution in [2.24, 2.45) is 0 Å². The molecule has 0 bridgehead atoms. The van der Waals surface area contributed by atoms with Gasteiger partial charge in [-0.15, -0.1) is 0 Å². The third kappa shape index (κ3) is 1.22. The summed E-state index contributed by atoms with van der Waals surface area (Å²) in [5, 5.41) is 0. The number of carbonyl (C=O) groups is 1. The first kappa shape index (κ1) is 8.73. The van der Waals surface area contributed by atoms with Crippen LogP contribution < -0.4 is 4.90 Å². The number of anilines is 1. The molecule has 2 aliphatic heterocycles. The fourth-order valence-corrected chi connectivity index (χ4v) is 2.09. The zero-order valence-corrected chi connectivity index (χ0v) is 8.34. The van der Waals surface area contributed by atoms with Crippen LogP contribution in [-0.2, 0) is 9.47 Å². The average Bonchev–Trinajstić information content (AvgIpc) is 3.06. The second-order valence-corrected chi connectivity index (χ2v) is 3.73. The zero-order valence-electron chi connectivity index (χ0n) is 8.34. The molecule has 4 heteroatoms. The van der Waals surface area contributed by atoms with Crippen LogP contribution in [0.15, 0.2) is 24.3 Å². The van der Waals surface area contributed by atoms with Crippen molar-refractivity contribution < 1.29 is 14.3 Å². The minimum Gasteiger partial charge on any atom is -0.452 e. The van der Waals surface area contributed by atoms with Gasteiger partial charge in [-0.05, 0) is 6.07 Å². The second kappa shape index (κ2) is 2.97. The number of carbonyl (C=O) groups excluding carboxylic acids is 1. The maximum atomic E-state index is 11.5. The number of hydrogen-bond acceptors (Lipinski definition) is 3. The Bertz CT molecular complexity index is 418. The number of rotatable bonds is 0. The third-order valence-electron chi connectivity index (χ3n) is 2.87. The second-order valence-electron chi connectivity index (χ2n) is 3.73. The van der Waals surface area contributed by atoms with Crippen LogP contribution in [0.1, 0.15) is 11.7 Å². The molecule has 1 aromatic rings. The van der Waals surface area contributed by atoms with Gasteiger partial charge < -0.3 is 9.47 Å². The molecule has 3 rings (SSSR count). The molecule has 1 fully saturated rings. The molecule has 0 unspecified atom stereocenters. The van der Waals surface area contributed by atoms with E-state index >= 15 is 0 Å². The van der Waals surface area contributed by atoms with Gasteiger partial charge >= 0.3 is 6.09 Å². The highest BCUT2D eigenvalue weighted by Crippen LogP contribution is 2.47. The summed E-state index contributed by atoms with van der Waals surface area (Å²) in [6, 6.07) is 7.79. The quantitative estimate of drug-likeness (QED) is 0.605. The van der Waals surface area contributed by atoms with E-state index in [1.807, 2.05) is 24.3 Å². The Balaban J connectivity index is 2.04. The number of benzene rings is 1. The molecule has 2 atom stereocenters. The lowest BCUT2D eigenvalue weighted by molar-refractivity contribution is 0.178. The summed E-state index contributed by atoms with van der Waals surface area (Å²) >= 11 is 0. The summed E-state index contributed by atoms with van der Waals surface area (Å²) in [5.74, 6) is 0. The Morgan fingerprint density at radius 2 is 2.33 bits per heavy atom. The molecule has 0 radical (unpaired) electrons. The lowest BCUT2D eigenvalue weighted by Gasteiger charge is -2.25. The molecule has 2 aliphatic rings. The normalized spacial score (nSPS) is 26.6. The van der Waals surface area contributed by atoms with Gasteiger partial charge in [0.25, 0.3) is 0 Å². The molecular formula is C11H11NO3. The van der Waals surface area contributed by atoms with Crippen LogP contribution in [0, 0.1) is 0 Å². The molecule has 0 aromatic heterocycles. The molecule has 0 spiro atoms. The van der Waals surface area contributed by atoms with Crippen LogP contribution in [-0.4, -0.2) is 25.9 Å². The Hall–Kier alpha value is -1.55. The zero-order chi connectivity index (χ0) is 10.4. The van der Waals surface area contributed by atoms with Gasteiger partial charge in [0.2, 0.25) is 0 Å². The van der Waals surface area contributed by atoms with Gasteiger partial charge in [-0.25, -0.2) is 4.79 Å². The van der Waals surface area contributed by atoms with Gasteiger partial charge in [0.05, 0.1) is 19.3 Å². The topological polar surface area (TPSA) is 42.1 Å². The SMILES string of the molecule is COC(=O)N1C[C@H]2O[C@H]2c2ccccc21. The van der Waals surface area contributed by atoms with Gasteiger partial charge in [0, 0.05) is 5.56 Å². The Labute approximate surface area is 87.4 Å². The summed E-state index contributed by atoms with van der Waals surface area (Å²) < 4.78 is 10.2. The van der Waals surface area contributed by atoms with Crippen LogP contribution in [0.5, 0.6) is 0 Å². The van der Waals surface area contributed by atoms with E-state index in [0.29, 0.717) is 6.54 Å². The number of nitrogens with zero attached hydrogens (tertiary/aromatic N) is 1. The molecule has 2 heterocycles. The highest BCUT2D eigenvalue weighted by Gasteiger charge is 2.48. The van der Waals surface area contributed by atoms with Gasteiger partial charge in [0.15, 0.2) is 0 Å². The van der Waals surface area contributed by atoms with Gasteiger partial charge in [0.1, 0.15) is 12.2 Å². The van der Waals surface area contributed by atoms with Gasteiger partial charge in [-0.3, -0.25) is 4.90 Å². The first-order valence-electron chi connectivity index (χ1n) is 4.91. The Morgan fingerprint density at radius 1 is 1.53 bits per heavy atom. The average molecular weight is 205 g/mol. The fourth-order valence-electron chi connectivity index (χ4n) is 2.09. The smallest absolute Gasteiger partial charge is 0.414 e. The molecule has 4 nitrogen and oxygen atoms in total. The minimum absolute atomic E-state index is 0.152. The van der Waals surface area contributed by atoms with E-state index in [9.17, 15) is 4.79 Å². The summed E-state index contributed by atoms with van der Waals surface area (Å²) in [7, 11) is 1.39. The van der Waals surface area contributed by atoms with E-state index < -0.39 is 0 Å². The van der Waals surface area contributed by atoms with Crippen LogP contribution in [0.4, 0.5) is 10.5 Å². The maximum absolute atomic E-state index is 11.5. The number of ether oxygens (including phenoxy) is 2. The molecule has 0 N–H and O–H groups in total. The summed E-state index contributed by atoms with van der Waals surface area (Å²) in [6.07, 6.45) is 0.0116. The first-order valence-corrected chi connectivity index (χ1v) is 4.91. The Kier molecular flexibility index (Phi) is 1.73. The third-order valence-corrected chi connectivity index (χ3v) is 2.87. The highest BCUT2D eigenvalue weighted by molar-refractivity contribution is 5.89. The number of fused-ring (bicyclic) bond motifs is 3. The van der Waals surface area contributed by atoms with Gasteiger partial charge in [-0.1, -0.05) is 18.2 Å². The Morgan fingerprint density at radius 3 is 3.13 bits per heavy atom. The predicted molar refractivity (Wildman–Crippen MR) is 53.8 cm³/mol. The number of methoxy groups -OCH3 is 1. The van der Waals surface area contributed by atoms with E-state index in [4.69, 9.17) is 9.47 Å². The van der Waals surface area contributed by atoms with Crippen molar-refractivity contribution in [2.75, 3.05) is 18.6 Å². The van der Waals surface area contributed by atoms with E-state index in [2.05, 4.69) is 0 Å².